The summed E-state index contributed by atoms with van der Waals surface area (Å²) in [5, 5.41) is 0. The summed E-state index contributed by atoms with van der Waals surface area (Å²) < 4.78 is 0. The Morgan fingerprint density at radius 2 is 2.08 bits per heavy atom. The monoisotopic (exact) mass is 180 g/mol. The lowest BCUT2D eigenvalue weighted by Gasteiger charge is -2.03. The van der Waals surface area contributed by atoms with E-state index in [1.54, 1.807) is 6.20 Å². The molecule has 0 saturated carbocycles. The fourth-order valence-corrected chi connectivity index (χ4v) is 1.19. The van der Waals surface area contributed by atoms with Crippen molar-refractivity contribution in [1.82, 2.24) is 9.97 Å². The van der Waals surface area contributed by atoms with Crippen molar-refractivity contribution in [2.45, 2.75) is 32.6 Å². The molecular formula is C9H16N4. The zero-order valence-electron chi connectivity index (χ0n) is 7.95. The van der Waals surface area contributed by atoms with Crippen LogP contribution in [-0.2, 0) is 6.42 Å². The molecule has 0 spiro atoms. The first kappa shape index (κ1) is 9.77. The molecule has 0 aliphatic heterocycles. The van der Waals surface area contributed by atoms with Crippen molar-refractivity contribution in [3.63, 3.8) is 0 Å². The molecule has 72 valence electrons. The van der Waals surface area contributed by atoms with Crippen LogP contribution in [0.2, 0.25) is 0 Å². The van der Waals surface area contributed by atoms with Crippen LogP contribution in [0.15, 0.2) is 6.20 Å². The normalized spacial score (nSPS) is 10.2. The molecule has 0 bridgehead atoms. The third-order valence-electron chi connectivity index (χ3n) is 1.97. The van der Waals surface area contributed by atoms with E-state index in [0.29, 0.717) is 5.82 Å². The molecule has 4 N–H and O–H groups in total. The lowest BCUT2D eigenvalue weighted by atomic mass is 10.1. The zero-order chi connectivity index (χ0) is 9.68. The Bertz CT molecular complexity index is 272. The largest absolute Gasteiger partial charge is 0.383 e. The van der Waals surface area contributed by atoms with Crippen LogP contribution in [0.3, 0.4) is 0 Å². The summed E-state index contributed by atoms with van der Waals surface area (Å²) in [4.78, 5) is 7.80. The Labute approximate surface area is 78.4 Å². The van der Waals surface area contributed by atoms with E-state index in [0.717, 1.165) is 18.4 Å². The zero-order valence-corrected chi connectivity index (χ0v) is 7.95. The van der Waals surface area contributed by atoms with Gasteiger partial charge < -0.3 is 11.5 Å². The van der Waals surface area contributed by atoms with Crippen LogP contribution in [0.25, 0.3) is 0 Å². The second kappa shape index (κ2) is 4.64. The van der Waals surface area contributed by atoms with Crippen LogP contribution in [0.1, 0.15) is 31.7 Å². The minimum atomic E-state index is 0.247. The van der Waals surface area contributed by atoms with E-state index in [9.17, 15) is 0 Å². The predicted molar refractivity (Wildman–Crippen MR) is 54.1 cm³/mol. The molecule has 0 unspecified atom stereocenters. The molecule has 0 aromatic carbocycles. The van der Waals surface area contributed by atoms with Crippen molar-refractivity contribution in [3.8, 4) is 0 Å². The molecule has 0 radical (unpaired) electrons. The van der Waals surface area contributed by atoms with Crippen LogP contribution < -0.4 is 11.5 Å². The van der Waals surface area contributed by atoms with Crippen LogP contribution in [0.4, 0.5) is 11.8 Å². The summed E-state index contributed by atoms with van der Waals surface area (Å²) >= 11 is 0. The number of rotatable bonds is 4. The highest BCUT2D eigenvalue weighted by Gasteiger charge is 2.01. The van der Waals surface area contributed by atoms with Gasteiger partial charge in [-0.3, -0.25) is 0 Å². The van der Waals surface area contributed by atoms with Crippen molar-refractivity contribution in [2.75, 3.05) is 11.5 Å². The Morgan fingerprint density at radius 1 is 1.31 bits per heavy atom. The van der Waals surface area contributed by atoms with Crippen molar-refractivity contribution in [1.29, 1.82) is 0 Å². The average molecular weight is 180 g/mol. The van der Waals surface area contributed by atoms with Crippen molar-refractivity contribution in [2.24, 2.45) is 0 Å². The van der Waals surface area contributed by atoms with E-state index >= 15 is 0 Å². The van der Waals surface area contributed by atoms with Gasteiger partial charge in [0, 0.05) is 11.8 Å². The van der Waals surface area contributed by atoms with Gasteiger partial charge in [0.1, 0.15) is 5.82 Å². The van der Waals surface area contributed by atoms with E-state index in [4.69, 9.17) is 11.5 Å². The van der Waals surface area contributed by atoms with E-state index < -0.39 is 0 Å². The highest BCUT2D eigenvalue weighted by Crippen LogP contribution is 2.12. The first-order valence-electron chi connectivity index (χ1n) is 4.61. The number of aromatic nitrogens is 2. The van der Waals surface area contributed by atoms with Gasteiger partial charge in [0.05, 0.1) is 0 Å². The lowest BCUT2D eigenvalue weighted by molar-refractivity contribution is 0.715. The topological polar surface area (TPSA) is 77.8 Å². The van der Waals surface area contributed by atoms with Gasteiger partial charge in [-0.2, -0.15) is 4.98 Å². The molecule has 0 fully saturated rings. The SMILES string of the molecule is CCCCCc1cnc(N)nc1N. The summed E-state index contributed by atoms with van der Waals surface area (Å²) in [6, 6.07) is 0. The van der Waals surface area contributed by atoms with E-state index in [1.165, 1.54) is 12.8 Å². The van der Waals surface area contributed by atoms with Gasteiger partial charge in [-0.05, 0) is 12.8 Å². The van der Waals surface area contributed by atoms with Gasteiger partial charge in [0.25, 0.3) is 0 Å². The summed E-state index contributed by atoms with van der Waals surface area (Å²) in [5.74, 6) is 0.764. The average Bonchev–Trinajstić information content (AvgIpc) is 2.09. The third kappa shape index (κ3) is 2.89. The molecule has 1 aromatic heterocycles. The third-order valence-corrected chi connectivity index (χ3v) is 1.97. The van der Waals surface area contributed by atoms with Crippen LogP contribution in [0.5, 0.6) is 0 Å². The molecule has 1 heterocycles. The Kier molecular flexibility index (Phi) is 3.49. The Balaban J connectivity index is 2.56. The lowest BCUT2D eigenvalue weighted by Crippen LogP contribution is -2.03. The first-order chi connectivity index (χ1) is 6.24. The predicted octanol–water partition coefficient (Wildman–Crippen LogP) is 1.37. The molecule has 0 amide bonds. The summed E-state index contributed by atoms with van der Waals surface area (Å²) in [7, 11) is 0. The minimum Gasteiger partial charge on any atom is -0.383 e. The van der Waals surface area contributed by atoms with Gasteiger partial charge in [0.15, 0.2) is 0 Å². The number of hydrogen-bond acceptors (Lipinski definition) is 4. The van der Waals surface area contributed by atoms with Crippen molar-refractivity contribution < 1.29 is 0 Å². The number of aryl methyl sites for hydroxylation is 1. The fourth-order valence-electron chi connectivity index (χ4n) is 1.19. The molecule has 4 heteroatoms. The number of anilines is 2. The van der Waals surface area contributed by atoms with Gasteiger partial charge in [0.2, 0.25) is 5.95 Å². The van der Waals surface area contributed by atoms with Crippen LogP contribution >= 0.6 is 0 Å². The second-order valence-corrected chi connectivity index (χ2v) is 3.10. The van der Waals surface area contributed by atoms with E-state index in [2.05, 4.69) is 16.9 Å². The molecule has 1 aromatic rings. The van der Waals surface area contributed by atoms with Crippen LogP contribution in [0, 0.1) is 0 Å². The summed E-state index contributed by atoms with van der Waals surface area (Å²) in [6.07, 6.45) is 6.21. The number of hydrogen-bond donors (Lipinski definition) is 2. The maximum absolute atomic E-state index is 5.67. The molecule has 13 heavy (non-hydrogen) atoms. The first-order valence-corrected chi connectivity index (χ1v) is 4.61. The van der Waals surface area contributed by atoms with Gasteiger partial charge >= 0.3 is 0 Å². The number of nitrogens with zero attached hydrogens (tertiary/aromatic N) is 2. The molecule has 0 saturated heterocycles. The molecule has 0 aliphatic rings. The molecule has 0 aliphatic carbocycles. The molecule has 0 atom stereocenters. The Morgan fingerprint density at radius 3 is 2.69 bits per heavy atom. The van der Waals surface area contributed by atoms with Crippen molar-refractivity contribution in [3.05, 3.63) is 11.8 Å². The number of unbranched alkanes of at least 4 members (excludes halogenated alkanes) is 2. The van der Waals surface area contributed by atoms with Gasteiger partial charge in [-0.25, -0.2) is 4.98 Å². The maximum atomic E-state index is 5.67. The van der Waals surface area contributed by atoms with E-state index in [-0.39, 0.29) is 5.95 Å². The maximum Gasteiger partial charge on any atom is 0.221 e. The summed E-state index contributed by atoms with van der Waals surface area (Å²) in [5.41, 5.74) is 12.1. The second-order valence-electron chi connectivity index (χ2n) is 3.10. The highest BCUT2D eigenvalue weighted by molar-refractivity contribution is 5.41. The Hall–Kier alpha value is -1.32. The quantitative estimate of drug-likeness (QED) is 0.686. The minimum absolute atomic E-state index is 0.247. The van der Waals surface area contributed by atoms with Gasteiger partial charge in [-0.15, -0.1) is 0 Å². The highest BCUT2D eigenvalue weighted by atomic mass is 15.0. The molecule has 4 nitrogen and oxygen atoms in total. The standard InChI is InChI=1S/C9H16N4/c1-2-3-4-5-7-6-12-9(11)13-8(7)10/h6H,2-5H2,1H3,(H4,10,11,12,13). The van der Waals surface area contributed by atoms with Crippen molar-refractivity contribution >= 4 is 11.8 Å². The fraction of sp³-hybridized carbons (Fsp3) is 0.556. The van der Waals surface area contributed by atoms with Gasteiger partial charge in [-0.1, -0.05) is 19.8 Å². The molecule has 1 rings (SSSR count). The van der Waals surface area contributed by atoms with Crippen LogP contribution in [-0.4, -0.2) is 9.97 Å². The number of nitrogens with two attached hydrogens (primary N) is 2. The number of nitrogen functional groups attached to an aromatic ring is 2. The summed E-state index contributed by atoms with van der Waals surface area (Å²) in [6.45, 7) is 2.17. The van der Waals surface area contributed by atoms with E-state index in [1.807, 2.05) is 0 Å². The molecular weight excluding hydrogens is 164 g/mol. The smallest absolute Gasteiger partial charge is 0.221 e.